The summed E-state index contributed by atoms with van der Waals surface area (Å²) in [7, 11) is 0. The number of carbonyl (C=O) groups excluding carboxylic acids is 1. The highest BCUT2D eigenvalue weighted by molar-refractivity contribution is 6.35. The number of anilines is 1. The maximum atomic E-state index is 11.6. The molecule has 24 heavy (non-hydrogen) atoms. The average Bonchev–Trinajstić information content (AvgIpc) is 2.60. The van der Waals surface area contributed by atoms with E-state index in [9.17, 15) is 10.1 Å². The van der Waals surface area contributed by atoms with E-state index < -0.39 is 5.97 Å². The second kappa shape index (κ2) is 7.83. The summed E-state index contributed by atoms with van der Waals surface area (Å²) in [5, 5.41) is 13.4. The number of benzene rings is 1. The van der Waals surface area contributed by atoms with Crippen LogP contribution in [0.4, 0.5) is 5.82 Å². The van der Waals surface area contributed by atoms with Gasteiger partial charge in [-0.15, -0.1) is 0 Å². The maximum absolute atomic E-state index is 11.6. The summed E-state index contributed by atoms with van der Waals surface area (Å²) in [5.41, 5.74) is 4.37. The number of nitriles is 1. The molecule has 0 saturated carbocycles. The number of esters is 1. The third-order valence-corrected chi connectivity index (χ3v) is 3.08. The first-order valence-corrected chi connectivity index (χ1v) is 7.38. The molecule has 122 valence electrons. The first-order valence-electron chi connectivity index (χ1n) is 7.38. The van der Waals surface area contributed by atoms with Crippen LogP contribution in [-0.4, -0.2) is 28.3 Å². The lowest BCUT2D eigenvalue weighted by Gasteiger charge is -2.09. The molecule has 0 amide bonds. The highest BCUT2D eigenvalue weighted by Crippen LogP contribution is 2.25. The van der Waals surface area contributed by atoms with Gasteiger partial charge in [-0.25, -0.2) is 14.8 Å². The van der Waals surface area contributed by atoms with Crippen molar-refractivity contribution in [1.29, 1.82) is 5.26 Å². The van der Waals surface area contributed by atoms with Crippen molar-refractivity contribution in [2.24, 2.45) is 5.10 Å². The van der Waals surface area contributed by atoms with Crippen molar-refractivity contribution in [3.63, 3.8) is 0 Å². The van der Waals surface area contributed by atoms with E-state index in [0.29, 0.717) is 11.5 Å². The van der Waals surface area contributed by atoms with Gasteiger partial charge in [-0.1, -0.05) is 30.3 Å². The fraction of sp³-hybridized carbons (Fsp3) is 0.235. The van der Waals surface area contributed by atoms with Crippen LogP contribution < -0.4 is 5.43 Å². The van der Waals surface area contributed by atoms with Crippen molar-refractivity contribution in [2.75, 3.05) is 12.0 Å². The molecule has 0 saturated heterocycles. The van der Waals surface area contributed by atoms with E-state index in [-0.39, 0.29) is 23.7 Å². The molecule has 1 aromatic heterocycles. The number of hydrogen-bond donors (Lipinski definition) is 1. The molecule has 0 aliphatic carbocycles. The van der Waals surface area contributed by atoms with Gasteiger partial charge in [-0.2, -0.15) is 10.4 Å². The Labute approximate surface area is 140 Å². The van der Waals surface area contributed by atoms with Gasteiger partial charge in [0.2, 0.25) is 0 Å². The second-order valence-electron chi connectivity index (χ2n) is 4.85. The highest BCUT2D eigenvalue weighted by Gasteiger charge is 2.15. The fourth-order valence-corrected chi connectivity index (χ4v) is 1.98. The molecule has 0 radical (unpaired) electrons. The number of aryl methyl sites for hydroxylation is 1. The van der Waals surface area contributed by atoms with Gasteiger partial charge < -0.3 is 4.74 Å². The summed E-state index contributed by atoms with van der Waals surface area (Å²) in [6.45, 7) is 5.22. The number of nitrogens with zero attached hydrogens (tertiary/aromatic N) is 4. The van der Waals surface area contributed by atoms with Crippen LogP contribution in [0.15, 0.2) is 35.4 Å². The minimum atomic E-state index is -0.530. The molecule has 0 unspecified atom stereocenters. The van der Waals surface area contributed by atoms with E-state index >= 15 is 0 Å². The monoisotopic (exact) mass is 323 g/mol. The Kier molecular flexibility index (Phi) is 5.58. The zero-order valence-corrected chi connectivity index (χ0v) is 13.7. The van der Waals surface area contributed by atoms with Crippen molar-refractivity contribution < 1.29 is 9.53 Å². The summed E-state index contributed by atoms with van der Waals surface area (Å²) in [6.07, 6.45) is 0. The predicted molar refractivity (Wildman–Crippen MR) is 90.3 cm³/mol. The topological polar surface area (TPSA) is 100 Å². The van der Waals surface area contributed by atoms with E-state index in [1.165, 1.54) is 6.92 Å². The number of hydrogen-bond acceptors (Lipinski definition) is 7. The maximum Gasteiger partial charge on any atom is 0.354 e. The Hall–Kier alpha value is -3.27. The van der Waals surface area contributed by atoms with Gasteiger partial charge in [0.05, 0.1) is 12.3 Å². The number of rotatable bonds is 5. The third-order valence-electron chi connectivity index (χ3n) is 3.08. The first kappa shape index (κ1) is 17.1. The van der Waals surface area contributed by atoms with E-state index in [0.717, 1.165) is 5.56 Å². The first-order chi connectivity index (χ1) is 11.6. The number of aromatic nitrogens is 2. The molecule has 2 aromatic rings. The highest BCUT2D eigenvalue weighted by atomic mass is 16.5. The Balaban J connectivity index is 2.41. The molecule has 2 rings (SSSR count). The average molecular weight is 323 g/mol. The van der Waals surface area contributed by atoms with Crippen LogP contribution in [0.2, 0.25) is 0 Å². The van der Waals surface area contributed by atoms with E-state index in [2.05, 4.69) is 26.6 Å². The van der Waals surface area contributed by atoms with Gasteiger partial charge in [-0.3, -0.25) is 5.43 Å². The molecular formula is C17H17N5O2. The number of hydrazone groups is 1. The van der Waals surface area contributed by atoms with Gasteiger partial charge >= 0.3 is 5.97 Å². The summed E-state index contributed by atoms with van der Waals surface area (Å²) >= 11 is 0. The SMILES string of the molecule is CCOC(=O)/C(C)=N\Nc1nc(C)nc(-c2ccccc2)c1C#N. The summed E-state index contributed by atoms with van der Waals surface area (Å²) in [4.78, 5) is 20.1. The van der Waals surface area contributed by atoms with E-state index in [1.54, 1.807) is 13.8 Å². The molecule has 0 bridgehead atoms. The quantitative estimate of drug-likeness (QED) is 0.516. The molecule has 1 aromatic carbocycles. The van der Waals surface area contributed by atoms with Gasteiger partial charge in [-0.05, 0) is 20.8 Å². The molecule has 7 nitrogen and oxygen atoms in total. The molecular weight excluding hydrogens is 306 g/mol. The Morgan fingerprint density at radius 2 is 2.04 bits per heavy atom. The molecule has 7 heteroatoms. The smallest absolute Gasteiger partial charge is 0.354 e. The number of carbonyl (C=O) groups is 1. The van der Waals surface area contributed by atoms with Gasteiger partial charge in [0.15, 0.2) is 5.82 Å². The van der Waals surface area contributed by atoms with Crippen LogP contribution in [0.5, 0.6) is 0 Å². The lowest BCUT2D eigenvalue weighted by atomic mass is 10.1. The molecule has 0 spiro atoms. The molecule has 1 heterocycles. The standard InChI is InChI=1S/C17H17N5O2/c1-4-24-17(23)11(2)21-22-16-14(10-18)15(19-12(3)20-16)13-8-6-5-7-9-13/h5-9H,4H2,1-3H3,(H,19,20,22)/b21-11-. The van der Waals surface area contributed by atoms with Crippen molar-refractivity contribution in [3.05, 3.63) is 41.7 Å². The number of ether oxygens (including phenoxy) is 1. The van der Waals surface area contributed by atoms with Gasteiger partial charge in [0.25, 0.3) is 0 Å². The van der Waals surface area contributed by atoms with Crippen molar-refractivity contribution in [1.82, 2.24) is 9.97 Å². The normalized spacial score (nSPS) is 10.8. The van der Waals surface area contributed by atoms with Crippen LogP contribution >= 0.6 is 0 Å². The minimum Gasteiger partial charge on any atom is -0.461 e. The van der Waals surface area contributed by atoms with Crippen molar-refractivity contribution in [2.45, 2.75) is 20.8 Å². The zero-order chi connectivity index (χ0) is 17.5. The molecule has 0 fully saturated rings. The van der Waals surface area contributed by atoms with Crippen LogP contribution in [0.25, 0.3) is 11.3 Å². The van der Waals surface area contributed by atoms with Crippen LogP contribution in [0.1, 0.15) is 25.2 Å². The number of nitrogens with one attached hydrogen (secondary N) is 1. The zero-order valence-electron chi connectivity index (χ0n) is 13.7. The van der Waals surface area contributed by atoms with E-state index in [1.807, 2.05) is 30.3 Å². The second-order valence-corrected chi connectivity index (χ2v) is 4.85. The Bertz CT molecular complexity index is 810. The summed E-state index contributed by atoms with van der Waals surface area (Å²) in [5.74, 6) is 0.199. The van der Waals surface area contributed by atoms with Gasteiger partial charge in [0.1, 0.15) is 23.2 Å². The molecule has 1 N–H and O–H groups in total. The van der Waals surface area contributed by atoms with Crippen LogP contribution in [0.3, 0.4) is 0 Å². The van der Waals surface area contributed by atoms with Crippen molar-refractivity contribution >= 4 is 17.5 Å². The predicted octanol–water partition coefficient (Wildman–Crippen LogP) is 2.67. The van der Waals surface area contributed by atoms with Crippen LogP contribution in [-0.2, 0) is 9.53 Å². The lowest BCUT2D eigenvalue weighted by Crippen LogP contribution is -2.16. The fourth-order valence-electron chi connectivity index (χ4n) is 1.98. The van der Waals surface area contributed by atoms with Crippen molar-refractivity contribution in [3.8, 4) is 17.3 Å². The largest absolute Gasteiger partial charge is 0.461 e. The van der Waals surface area contributed by atoms with Crippen LogP contribution in [0, 0.1) is 18.3 Å². The lowest BCUT2D eigenvalue weighted by molar-refractivity contribution is -0.135. The third kappa shape index (κ3) is 3.93. The Morgan fingerprint density at radius 1 is 1.33 bits per heavy atom. The van der Waals surface area contributed by atoms with Gasteiger partial charge in [0, 0.05) is 5.56 Å². The minimum absolute atomic E-state index is 0.137. The molecule has 0 aliphatic heterocycles. The molecule has 0 aliphatic rings. The molecule has 0 atom stereocenters. The Morgan fingerprint density at radius 3 is 2.67 bits per heavy atom. The van der Waals surface area contributed by atoms with E-state index in [4.69, 9.17) is 4.74 Å². The summed E-state index contributed by atoms with van der Waals surface area (Å²) < 4.78 is 4.86. The summed E-state index contributed by atoms with van der Waals surface area (Å²) in [6, 6.07) is 11.4.